The van der Waals surface area contributed by atoms with E-state index in [-0.39, 0.29) is 0 Å². The Morgan fingerprint density at radius 2 is 1.96 bits per heavy atom. The van der Waals surface area contributed by atoms with Gasteiger partial charge in [-0.15, -0.1) is 0 Å². The molecular formula is C18H27N7O. The molecule has 0 atom stereocenters. The van der Waals surface area contributed by atoms with Gasteiger partial charge in [0.15, 0.2) is 5.96 Å². The Bertz CT molecular complexity index is 722. The highest BCUT2D eigenvalue weighted by Crippen LogP contribution is 2.10. The number of guanidine groups is 1. The summed E-state index contributed by atoms with van der Waals surface area (Å²) < 4.78 is 7.16. The topological polar surface area (TPSA) is 79.6 Å². The third kappa shape index (κ3) is 5.27. The summed E-state index contributed by atoms with van der Waals surface area (Å²) in [6.07, 6.45) is 1.55. The van der Waals surface area contributed by atoms with Crippen LogP contribution in [-0.2, 0) is 31.4 Å². The molecule has 1 aromatic heterocycles. The lowest BCUT2D eigenvalue weighted by Crippen LogP contribution is -2.37. The third-order valence-electron chi connectivity index (χ3n) is 4.40. The van der Waals surface area contributed by atoms with Crippen molar-refractivity contribution in [1.82, 2.24) is 30.3 Å². The molecule has 1 aromatic carbocycles. The van der Waals surface area contributed by atoms with Crippen molar-refractivity contribution in [2.24, 2.45) is 12.0 Å². The van der Waals surface area contributed by atoms with Gasteiger partial charge in [-0.05, 0) is 11.1 Å². The Kier molecular flexibility index (Phi) is 6.56. The molecule has 0 amide bonds. The van der Waals surface area contributed by atoms with Gasteiger partial charge in [-0.25, -0.2) is 4.98 Å². The molecule has 1 aliphatic rings. The van der Waals surface area contributed by atoms with Crippen LogP contribution < -0.4 is 10.6 Å². The fourth-order valence-corrected chi connectivity index (χ4v) is 2.90. The van der Waals surface area contributed by atoms with E-state index in [0.717, 1.165) is 51.2 Å². The van der Waals surface area contributed by atoms with Crippen LogP contribution in [0.25, 0.3) is 0 Å². The van der Waals surface area contributed by atoms with Crippen molar-refractivity contribution in [3.63, 3.8) is 0 Å². The van der Waals surface area contributed by atoms with Crippen LogP contribution in [0.3, 0.4) is 0 Å². The summed E-state index contributed by atoms with van der Waals surface area (Å²) in [6.45, 7) is 5.92. The van der Waals surface area contributed by atoms with Crippen molar-refractivity contribution in [2.75, 3.05) is 33.4 Å². The summed E-state index contributed by atoms with van der Waals surface area (Å²) >= 11 is 0. The maximum atomic E-state index is 5.41. The number of aryl methyl sites for hydroxylation is 1. The quantitative estimate of drug-likeness (QED) is 0.579. The number of rotatable bonds is 6. The first kappa shape index (κ1) is 18.3. The highest BCUT2D eigenvalue weighted by molar-refractivity contribution is 5.79. The molecule has 0 spiro atoms. The molecule has 2 aromatic rings. The number of hydrogen-bond donors (Lipinski definition) is 2. The molecule has 1 fully saturated rings. The van der Waals surface area contributed by atoms with Crippen molar-refractivity contribution < 1.29 is 4.74 Å². The lowest BCUT2D eigenvalue weighted by molar-refractivity contribution is 0.0342. The second-order valence-electron chi connectivity index (χ2n) is 6.29. The van der Waals surface area contributed by atoms with Gasteiger partial charge >= 0.3 is 0 Å². The average molecular weight is 357 g/mol. The van der Waals surface area contributed by atoms with Crippen LogP contribution in [0, 0.1) is 0 Å². The van der Waals surface area contributed by atoms with E-state index in [2.05, 4.69) is 54.9 Å². The average Bonchev–Trinajstić information content (AvgIpc) is 3.08. The molecule has 0 saturated carbocycles. The Balaban J connectivity index is 1.49. The van der Waals surface area contributed by atoms with Gasteiger partial charge in [-0.3, -0.25) is 14.6 Å². The van der Waals surface area contributed by atoms with Crippen molar-refractivity contribution in [3.8, 4) is 0 Å². The first-order valence-corrected chi connectivity index (χ1v) is 8.90. The number of hydrogen-bond acceptors (Lipinski definition) is 5. The van der Waals surface area contributed by atoms with Crippen LogP contribution in [0.2, 0.25) is 0 Å². The molecule has 0 unspecified atom stereocenters. The molecule has 1 aliphatic heterocycles. The van der Waals surface area contributed by atoms with E-state index >= 15 is 0 Å². The minimum atomic E-state index is 0.577. The van der Waals surface area contributed by atoms with Crippen molar-refractivity contribution in [3.05, 3.63) is 47.5 Å². The normalized spacial score (nSPS) is 15.8. The van der Waals surface area contributed by atoms with Crippen LogP contribution in [0.15, 0.2) is 35.6 Å². The zero-order valence-electron chi connectivity index (χ0n) is 15.5. The maximum absolute atomic E-state index is 5.41. The second-order valence-corrected chi connectivity index (χ2v) is 6.29. The Morgan fingerprint density at radius 3 is 2.69 bits per heavy atom. The van der Waals surface area contributed by atoms with E-state index in [4.69, 9.17) is 4.74 Å². The van der Waals surface area contributed by atoms with Crippen LogP contribution in [0.4, 0.5) is 0 Å². The summed E-state index contributed by atoms with van der Waals surface area (Å²) in [5, 5.41) is 10.7. The second kappa shape index (κ2) is 9.30. The third-order valence-corrected chi connectivity index (χ3v) is 4.40. The molecule has 26 heavy (non-hydrogen) atoms. The van der Waals surface area contributed by atoms with Crippen LogP contribution in [-0.4, -0.2) is 59.0 Å². The molecule has 0 radical (unpaired) electrons. The molecule has 0 aliphatic carbocycles. The van der Waals surface area contributed by atoms with Gasteiger partial charge in [-0.1, -0.05) is 24.3 Å². The molecule has 8 heteroatoms. The van der Waals surface area contributed by atoms with Gasteiger partial charge in [0.2, 0.25) is 0 Å². The predicted molar refractivity (Wildman–Crippen MR) is 101 cm³/mol. The Labute approximate surface area is 154 Å². The summed E-state index contributed by atoms with van der Waals surface area (Å²) in [7, 11) is 3.64. The first-order chi connectivity index (χ1) is 12.7. The minimum Gasteiger partial charge on any atom is -0.379 e. The smallest absolute Gasteiger partial charge is 0.191 e. The van der Waals surface area contributed by atoms with Crippen molar-refractivity contribution in [1.29, 1.82) is 0 Å². The van der Waals surface area contributed by atoms with Gasteiger partial charge in [0.1, 0.15) is 12.2 Å². The van der Waals surface area contributed by atoms with Gasteiger partial charge in [-0.2, -0.15) is 5.10 Å². The minimum absolute atomic E-state index is 0.577. The van der Waals surface area contributed by atoms with E-state index in [9.17, 15) is 0 Å². The van der Waals surface area contributed by atoms with Crippen LogP contribution >= 0.6 is 0 Å². The fourth-order valence-electron chi connectivity index (χ4n) is 2.90. The number of benzene rings is 1. The monoisotopic (exact) mass is 357 g/mol. The number of nitrogens with zero attached hydrogens (tertiary/aromatic N) is 5. The lowest BCUT2D eigenvalue weighted by Gasteiger charge is -2.26. The van der Waals surface area contributed by atoms with E-state index < -0.39 is 0 Å². The summed E-state index contributed by atoms with van der Waals surface area (Å²) in [4.78, 5) is 10.9. The Hall–Kier alpha value is -2.45. The molecule has 2 heterocycles. The maximum Gasteiger partial charge on any atom is 0.191 e. The van der Waals surface area contributed by atoms with Gasteiger partial charge in [0.05, 0.1) is 19.8 Å². The highest BCUT2D eigenvalue weighted by Gasteiger charge is 2.11. The highest BCUT2D eigenvalue weighted by atomic mass is 16.5. The van der Waals surface area contributed by atoms with Gasteiger partial charge in [0, 0.05) is 40.3 Å². The standard InChI is InChI=1S/C18H27N7O/c1-19-18(21-12-17-22-14-23-24(17)2)20-11-15-4-3-5-16(10-15)13-25-6-8-26-9-7-25/h3-5,10,14H,6-9,11-13H2,1-2H3,(H2,19,20,21). The fraction of sp³-hybridized carbons (Fsp3) is 0.500. The van der Waals surface area contributed by atoms with Crippen LogP contribution in [0.5, 0.6) is 0 Å². The van der Waals surface area contributed by atoms with E-state index in [0.29, 0.717) is 6.54 Å². The molecule has 1 saturated heterocycles. The Morgan fingerprint density at radius 1 is 1.19 bits per heavy atom. The molecular weight excluding hydrogens is 330 g/mol. The zero-order chi connectivity index (χ0) is 18.2. The lowest BCUT2D eigenvalue weighted by atomic mass is 10.1. The summed E-state index contributed by atoms with van der Waals surface area (Å²) in [6, 6.07) is 8.67. The predicted octanol–water partition coefficient (Wildman–Crippen LogP) is 0.513. The number of aliphatic imine (C=N–C) groups is 1. The molecule has 8 nitrogen and oxygen atoms in total. The SMILES string of the molecule is CN=C(NCc1cccc(CN2CCOCC2)c1)NCc1ncnn1C. The number of aromatic nitrogens is 3. The van der Waals surface area contributed by atoms with Crippen molar-refractivity contribution in [2.45, 2.75) is 19.6 Å². The summed E-state index contributed by atoms with van der Waals surface area (Å²) in [5.74, 6) is 1.60. The number of ether oxygens (including phenoxy) is 1. The van der Waals surface area contributed by atoms with E-state index in [1.807, 2.05) is 7.05 Å². The number of morpholine rings is 1. The summed E-state index contributed by atoms with van der Waals surface area (Å²) in [5.41, 5.74) is 2.56. The zero-order valence-corrected chi connectivity index (χ0v) is 15.5. The number of nitrogens with one attached hydrogen (secondary N) is 2. The van der Waals surface area contributed by atoms with Gasteiger partial charge < -0.3 is 15.4 Å². The largest absolute Gasteiger partial charge is 0.379 e. The van der Waals surface area contributed by atoms with Gasteiger partial charge in [0.25, 0.3) is 0 Å². The molecule has 0 bridgehead atoms. The molecule has 3 rings (SSSR count). The van der Waals surface area contributed by atoms with E-state index in [1.54, 1.807) is 18.1 Å². The molecule has 140 valence electrons. The molecule has 2 N–H and O–H groups in total. The van der Waals surface area contributed by atoms with Crippen LogP contribution in [0.1, 0.15) is 17.0 Å². The van der Waals surface area contributed by atoms with Crippen molar-refractivity contribution >= 4 is 5.96 Å². The first-order valence-electron chi connectivity index (χ1n) is 8.90. The van der Waals surface area contributed by atoms with E-state index in [1.165, 1.54) is 11.1 Å².